The maximum atomic E-state index is 11.6. The van der Waals surface area contributed by atoms with E-state index in [0.29, 0.717) is 18.4 Å². The number of amides is 2. The second-order valence-corrected chi connectivity index (χ2v) is 4.55. The van der Waals surface area contributed by atoms with Crippen LogP contribution in [-0.2, 0) is 0 Å². The lowest BCUT2D eigenvalue weighted by molar-refractivity contribution is 0.179. The van der Waals surface area contributed by atoms with Gasteiger partial charge in [-0.15, -0.1) is 0 Å². The highest BCUT2D eigenvalue weighted by Gasteiger charge is 2.54. The van der Waals surface area contributed by atoms with Crippen LogP contribution in [0.15, 0.2) is 0 Å². The third kappa shape index (κ3) is 1.26. The van der Waals surface area contributed by atoms with Gasteiger partial charge in [-0.05, 0) is 27.3 Å². The lowest BCUT2D eigenvalue weighted by Crippen LogP contribution is -2.51. The molecule has 1 spiro atoms. The smallest absolute Gasteiger partial charge is 0.311 e. The van der Waals surface area contributed by atoms with Crippen molar-refractivity contribution in [3.05, 3.63) is 0 Å². The van der Waals surface area contributed by atoms with Crippen LogP contribution < -0.4 is 5.32 Å². The zero-order chi connectivity index (χ0) is 11.2. The number of hydrogen-bond donors (Lipinski definition) is 2. The number of rotatable bonds is 1. The predicted octanol–water partition coefficient (Wildman–Crippen LogP) is 0.472. The molecule has 0 radical (unpaired) electrons. The highest BCUT2D eigenvalue weighted by molar-refractivity contribution is 6.08. The molecule has 84 valence electrons. The number of nitrogens with one attached hydrogen (secondary N) is 2. The number of likely N-dealkylation sites (tertiary alicyclic amines) is 1. The van der Waals surface area contributed by atoms with E-state index in [0.717, 1.165) is 13.0 Å². The van der Waals surface area contributed by atoms with E-state index >= 15 is 0 Å². The van der Waals surface area contributed by atoms with Gasteiger partial charge in [0, 0.05) is 19.1 Å². The van der Waals surface area contributed by atoms with Gasteiger partial charge in [0.05, 0.1) is 0 Å². The Hall–Kier alpha value is -1.10. The van der Waals surface area contributed by atoms with E-state index in [1.807, 2.05) is 14.0 Å². The van der Waals surface area contributed by atoms with Crippen LogP contribution in [0.2, 0.25) is 0 Å². The molecule has 2 unspecified atom stereocenters. The van der Waals surface area contributed by atoms with Crippen molar-refractivity contribution in [2.24, 2.45) is 0 Å². The van der Waals surface area contributed by atoms with Crippen molar-refractivity contribution < 1.29 is 4.79 Å². The van der Waals surface area contributed by atoms with Crippen LogP contribution >= 0.6 is 0 Å². The second kappa shape index (κ2) is 3.20. The summed E-state index contributed by atoms with van der Waals surface area (Å²) < 4.78 is 0. The van der Waals surface area contributed by atoms with Crippen molar-refractivity contribution in [2.45, 2.75) is 31.8 Å². The van der Waals surface area contributed by atoms with Gasteiger partial charge in [-0.2, -0.15) is 0 Å². The van der Waals surface area contributed by atoms with E-state index in [2.05, 4.69) is 17.1 Å². The first-order valence-corrected chi connectivity index (χ1v) is 5.39. The topological polar surface area (TPSA) is 59.4 Å². The van der Waals surface area contributed by atoms with Gasteiger partial charge in [0.25, 0.3) is 0 Å². The minimum Gasteiger partial charge on any atom is -0.311 e. The summed E-state index contributed by atoms with van der Waals surface area (Å²) in [6.07, 6.45) is 0.856. The molecule has 2 fully saturated rings. The van der Waals surface area contributed by atoms with Crippen LogP contribution in [0.5, 0.6) is 0 Å². The molecule has 0 aromatic carbocycles. The summed E-state index contributed by atoms with van der Waals surface area (Å²) in [5.41, 5.74) is -0.389. The van der Waals surface area contributed by atoms with Crippen molar-refractivity contribution in [1.82, 2.24) is 15.1 Å². The molecule has 15 heavy (non-hydrogen) atoms. The maximum absolute atomic E-state index is 11.6. The van der Waals surface area contributed by atoms with E-state index in [9.17, 15) is 4.79 Å². The van der Waals surface area contributed by atoms with E-state index in [1.54, 1.807) is 4.90 Å². The Balaban J connectivity index is 2.34. The van der Waals surface area contributed by atoms with Crippen molar-refractivity contribution in [2.75, 3.05) is 20.1 Å². The zero-order valence-electron chi connectivity index (χ0n) is 9.50. The number of urea groups is 1. The highest BCUT2D eigenvalue weighted by atomic mass is 16.2. The van der Waals surface area contributed by atoms with E-state index < -0.39 is 0 Å². The van der Waals surface area contributed by atoms with Gasteiger partial charge in [-0.1, -0.05) is 0 Å². The lowest BCUT2D eigenvalue weighted by atomic mass is 9.94. The minimum atomic E-state index is -0.389. The lowest BCUT2D eigenvalue weighted by Gasteiger charge is -2.31. The summed E-state index contributed by atoms with van der Waals surface area (Å²) in [5.74, 6) is 0.366. The molecule has 5 nitrogen and oxygen atoms in total. The largest absolute Gasteiger partial charge is 0.323 e. The molecule has 5 heteroatoms. The molecule has 0 aliphatic carbocycles. The Morgan fingerprint density at radius 2 is 2.33 bits per heavy atom. The van der Waals surface area contributed by atoms with Gasteiger partial charge in [0.15, 0.2) is 0 Å². The van der Waals surface area contributed by atoms with E-state index in [4.69, 9.17) is 5.41 Å². The summed E-state index contributed by atoms with van der Waals surface area (Å²) in [6, 6.07) is 0.303. The zero-order valence-corrected chi connectivity index (χ0v) is 9.50. The van der Waals surface area contributed by atoms with Crippen molar-refractivity contribution in [1.29, 1.82) is 5.41 Å². The Morgan fingerprint density at radius 3 is 2.80 bits per heavy atom. The molecule has 2 amide bonds. The quantitative estimate of drug-likeness (QED) is 0.661. The highest BCUT2D eigenvalue weighted by Crippen LogP contribution is 2.34. The Bertz CT molecular complexity index is 305. The van der Waals surface area contributed by atoms with Crippen LogP contribution in [0.25, 0.3) is 0 Å². The average molecular weight is 210 g/mol. The predicted molar refractivity (Wildman–Crippen MR) is 58.1 cm³/mol. The summed E-state index contributed by atoms with van der Waals surface area (Å²) >= 11 is 0. The molecule has 0 saturated carbocycles. The molecule has 2 rings (SSSR count). The summed E-state index contributed by atoms with van der Waals surface area (Å²) in [5, 5.41) is 10.6. The molecule has 0 aromatic heterocycles. The number of hydrogen-bond acceptors (Lipinski definition) is 3. The summed E-state index contributed by atoms with van der Waals surface area (Å²) in [6.45, 7) is 5.52. The van der Waals surface area contributed by atoms with Crippen LogP contribution in [-0.4, -0.2) is 53.4 Å². The van der Waals surface area contributed by atoms with Gasteiger partial charge >= 0.3 is 6.03 Å². The van der Waals surface area contributed by atoms with Gasteiger partial charge in [-0.25, -0.2) is 4.79 Å². The van der Waals surface area contributed by atoms with Crippen LogP contribution in [0.1, 0.15) is 20.3 Å². The molecular weight excluding hydrogens is 192 g/mol. The number of carbonyl (C=O) groups excluding carboxylic acids is 1. The number of carbonyl (C=O) groups is 1. The van der Waals surface area contributed by atoms with Crippen LogP contribution in [0, 0.1) is 5.41 Å². The van der Waals surface area contributed by atoms with E-state index in [-0.39, 0.29) is 11.6 Å². The van der Waals surface area contributed by atoms with Gasteiger partial charge in [-0.3, -0.25) is 10.7 Å². The maximum Gasteiger partial charge on any atom is 0.323 e. The number of likely N-dealkylation sites (N-methyl/N-ethyl adjacent to an activating group) is 2. The minimum absolute atomic E-state index is 0.120. The number of amidine groups is 1. The Kier molecular flexibility index (Phi) is 2.22. The SMILES string of the molecule is CCN1C(=O)NC(=N)C12CC(C)N(C)C2. The monoisotopic (exact) mass is 210 g/mol. The van der Waals surface area contributed by atoms with Gasteiger partial charge < -0.3 is 9.80 Å². The fourth-order valence-electron chi connectivity index (χ4n) is 2.72. The average Bonchev–Trinajstić information content (AvgIpc) is 2.55. The third-order valence-electron chi connectivity index (χ3n) is 3.67. The first-order valence-electron chi connectivity index (χ1n) is 5.39. The molecule has 0 bridgehead atoms. The molecule has 2 aliphatic rings. The standard InChI is InChI=1S/C10H18N4O/c1-4-14-9(15)12-8(11)10(14)5-7(2)13(3)6-10/h7H,4-6H2,1-3H3,(H2,11,12,15). The normalized spacial score (nSPS) is 36.7. The molecule has 2 saturated heterocycles. The number of nitrogens with zero attached hydrogens (tertiary/aromatic N) is 2. The Morgan fingerprint density at radius 1 is 1.67 bits per heavy atom. The fraction of sp³-hybridized carbons (Fsp3) is 0.800. The van der Waals surface area contributed by atoms with Crippen LogP contribution in [0.4, 0.5) is 4.79 Å². The van der Waals surface area contributed by atoms with Crippen molar-refractivity contribution >= 4 is 11.9 Å². The Labute approximate surface area is 89.9 Å². The molecule has 2 N–H and O–H groups in total. The molecule has 2 aliphatic heterocycles. The molecular formula is C10H18N4O. The first kappa shape index (κ1) is 10.4. The molecule has 0 aromatic rings. The fourth-order valence-corrected chi connectivity index (χ4v) is 2.72. The summed E-state index contributed by atoms with van der Waals surface area (Å²) in [4.78, 5) is 15.6. The molecule has 2 heterocycles. The second-order valence-electron chi connectivity index (χ2n) is 4.55. The van der Waals surface area contributed by atoms with Gasteiger partial charge in [0.2, 0.25) is 0 Å². The van der Waals surface area contributed by atoms with Crippen LogP contribution in [0.3, 0.4) is 0 Å². The third-order valence-corrected chi connectivity index (χ3v) is 3.67. The van der Waals surface area contributed by atoms with Crippen molar-refractivity contribution in [3.8, 4) is 0 Å². The first-order chi connectivity index (χ1) is 7.01. The van der Waals surface area contributed by atoms with Crippen molar-refractivity contribution in [3.63, 3.8) is 0 Å². The van der Waals surface area contributed by atoms with Gasteiger partial charge in [0.1, 0.15) is 11.4 Å². The molecule has 2 atom stereocenters. The summed E-state index contributed by atoms with van der Waals surface area (Å²) in [7, 11) is 2.04. The van der Waals surface area contributed by atoms with E-state index in [1.165, 1.54) is 0 Å².